The predicted molar refractivity (Wildman–Crippen MR) is 170 cm³/mol. The van der Waals surface area contributed by atoms with E-state index in [1.807, 2.05) is 0 Å². The van der Waals surface area contributed by atoms with Gasteiger partial charge in [-0.05, 0) is 55.3 Å². The number of morpholine rings is 1. The fourth-order valence-electron chi connectivity index (χ4n) is 7.90. The molecule has 4 aliphatic rings. The molecule has 3 aromatic carbocycles. The molecule has 1 aromatic heterocycles. The van der Waals surface area contributed by atoms with Crippen molar-refractivity contribution < 1.29 is 27.8 Å². The molecule has 5 heterocycles. The summed E-state index contributed by atoms with van der Waals surface area (Å²) in [4.78, 5) is 14.0. The first-order chi connectivity index (χ1) is 22.2. The van der Waals surface area contributed by atoms with Gasteiger partial charge in [0.05, 0.1) is 24.8 Å². The fraction of sp³-hybridized carbons (Fsp3) is 0.471. The van der Waals surface area contributed by atoms with Crippen molar-refractivity contribution in [2.24, 2.45) is 5.92 Å². The summed E-state index contributed by atoms with van der Waals surface area (Å²) in [5.41, 5.74) is -0.308. The molecule has 12 heteroatoms. The number of aromatic nitrogens is 2. The Morgan fingerprint density at radius 3 is 2.50 bits per heavy atom. The SMILES string of the molecule is C[C@@H](COc1nc(N2CC3CCC(C2)N3)c2cc(Cl)c(-c3cc(O)cc4ccc(F)c(F)c34)c(F)c2n1)CN1C2CCC1COC2. The lowest BCUT2D eigenvalue weighted by molar-refractivity contribution is -0.0229. The van der Waals surface area contributed by atoms with Gasteiger partial charge in [0.25, 0.3) is 0 Å². The molecule has 4 aromatic rings. The third-order valence-corrected chi connectivity index (χ3v) is 10.3. The number of anilines is 1. The first-order valence-electron chi connectivity index (χ1n) is 16.0. The van der Waals surface area contributed by atoms with E-state index >= 15 is 8.78 Å². The molecule has 2 N–H and O–H groups in total. The Bertz CT molecular complexity index is 1820. The maximum Gasteiger partial charge on any atom is 0.319 e. The molecule has 4 bridgehead atoms. The largest absolute Gasteiger partial charge is 0.508 e. The number of fused-ring (bicyclic) bond motifs is 6. The van der Waals surface area contributed by atoms with E-state index in [2.05, 4.69) is 27.0 Å². The van der Waals surface area contributed by atoms with Gasteiger partial charge in [0.2, 0.25) is 0 Å². The van der Waals surface area contributed by atoms with Gasteiger partial charge in [-0.2, -0.15) is 9.97 Å². The quantitative estimate of drug-likeness (QED) is 0.250. The van der Waals surface area contributed by atoms with Gasteiger partial charge >= 0.3 is 6.01 Å². The Labute approximate surface area is 269 Å². The standard InChI is InChI=1S/C34H35ClF3N5O3/c1-17(11-43-21-5-6-22(43)16-45-15-21)14-46-34-40-32-25(33(41-34)42-12-19-3-4-20(13-42)39-19)10-26(35)29(31(32)38)24-9-23(44)8-18-2-7-27(36)30(37)28(18)24/h2,7-10,17,19-22,39,44H,3-6,11-16H2,1H3/t17-,19?,20?,21?,22?/m1/s1. The van der Waals surface area contributed by atoms with Crippen molar-refractivity contribution in [3.8, 4) is 22.9 Å². The van der Waals surface area contributed by atoms with Gasteiger partial charge < -0.3 is 24.8 Å². The normalized spacial score (nSPS) is 25.1. The predicted octanol–water partition coefficient (Wildman–Crippen LogP) is 6.05. The van der Waals surface area contributed by atoms with E-state index in [4.69, 9.17) is 26.1 Å². The van der Waals surface area contributed by atoms with E-state index in [1.54, 1.807) is 6.07 Å². The summed E-state index contributed by atoms with van der Waals surface area (Å²) < 4.78 is 58.4. The number of nitrogens with one attached hydrogen (secondary N) is 1. The number of hydrogen-bond donors (Lipinski definition) is 2. The van der Waals surface area contributed by atoms with Crippen molar-refractivity contribution in [3.63, 3.8) is 0 Å². The highest BCUT2D eigenvalue weighted by Crippen LogP contribution is 2.44. The minimum absolute atomic E-state index is 0.0362. The highest BCUT2D eigenvalue weighted by molar-refractivity contribution is 6.35. The zero-order chi connectivity index (χ0) is 31.7. The van der Waals surface area contributed by atoms with Crippen LogP contribution in [0.25, 0.3) is 32.8 Å². The number of ether oxygens (including phenoxy) is 2. The van der Waals surface area contributed by atoms with Gasteiger partial charge in [-0.25, -0.2) is 13.2 Å². The molecule has 0 radical (unpaired) electrons. The lowest BCUT2D eigenvalue weighted by Crippen LogP contribution is -2.51. The number of phenols is 1. The lowest BCUT2D eigenvalue weighted by Gasteiger charge is -2.36. The smallest absolute Gasteiger partial charge is 0.319 e. The van der Waals surface area contributed by atoms with Gasteiger partial charge in [0.15, 0.2) is 17.5 Å². The third-order valence-electron chi connectivity index (χ3n) is 10.0. The van der Waals surface area contributed by atoms with Crippen LogP contribution < -0.4 is 15.0 Å². The van der Waals surface area contributed by atoms with E-state index < -0.39 is 17.5 Å². The molecule has 46 heavy (non-hydrogen) atoms. The molecule has 4 aliphatic heterocycles. The molecule has 0 spiro atoms. The Hall–Kier alpha value is -3.38. The number of benzene rings is 3. The average molecular weight is 654 g/mol. The summed E-state index contributed by atoms with van der Waals surface area (Å²) in [7, 11) is 0. The number of piperazine rings is 1. The zero-order valence-corrected chi connectivity index (χ0v) is 26.2. The van der Waals surface area contributed by atoms with Crippen LogP contribution in [0.2, 0.25) is 5.02 Å². The first kappa shape index (κ1) is 30.0. The van der Waals surface area contributed by atoms with Crippen LogP contribution in [0.4, 0.5) is 19.0 Å². The van der Waals surface area contributed by atoms with Crippen LogP contribution in [0.15, 0.2) is 30.3 Å². The minimum Gasteiger partial charge on any atom is -0.508 e. The number of hydrogen-bond acceptors (Lipinski definition) is 8. The zero-order valence-electron chi connectivity index (χ0n) is 25.4. The molecule has 242 valence electrons. The molecule has 8 rings (SSSR count). The van der Waals surface area contributed by atoms with Crippen LogP contribution in [-0.2, 0) is 4.74 Å². The van der Waals surface area contributed by atoms with Crippen molar-refractivity contribution in [2.75, 3.05) is 44.4 Å². The van der Waals surface area contributed by atoms with Crippen molar-refractivity contribution in [3.05, 3.63) is 52.8 Å². The fourth-order valence-corrected chi connectivity index (χ4v) is 8.19. The van der Waals surface area contributed by atoms with Crippen molar-refractivity contribution >= 4 is 39.1 Å². The van der Waals surface area contributed by atoms with E-state index in [-0.39, 0.29) is 62.2 Å². The number of nitrogens with zero attached hydrogens (tertiary/aromatic N) is 4. The number of aromatic hydroxyl groups is 1. The van der Waals surface area contributed by atoms with Gasteiger partial charge in [-0.3, -0.25) is 4.90 Å². The van der Waals surface area contributed by atoms with E-state index in [9.17, 15) is 9.50 Å². The Balaban J connectivity index is 1.20. The maximum atomic E-state index is 16.8. The van der Waals surface area contributed by atoms with Crippen molar-refractivity contribution in [2.45, 2.75) is 56.8 Å². The van der Waals surface area contributed by atoms with Gasteiger partial charge in [-0.15, -0.1) is 0 Å². The van der Waals surface area contributed by atoms with Gasteiger partial charge in [-0.1, -0.05) is 24.6 Å². The number of phenolic OH excluding ortho intramolecular Hbond substituents is 1. The maximum absolute atomic E-state index is 16.8. The van der Waals surface area contributed by atoms with Crippen LogP contribution in [0.5, 0.6) is 11.8 Å². The third kappa shape index (κ3) is 5.21. The van der Waals surface area contributed by atoms with Gasteiger partial charge in [0.1, 0.15) is 17.1 Å². The summed E-state index contributed by atoms with van der Waals surface area (Å²) in [6.45, 7) is 6.16. The second-order valence-electron chi connectivity index (χ2n) is 13.3. The van der Waals surface area contributed by atoms with Crippen LogP contribution in [0.3, 0.4) is 0 Å². The monoisotopic (exact) mass is 653 g/mol. The molecule has 5 atom stereocenters. The number of halogens is 4. The summed E-state index contributed by atoms with van der Waals surface area (Å²) in [5.74, 6) is -2.65. The average Bonchev–Trinajstić information content (AvgIpc) is 3.46. The molecule has 0 saturated carbocycles. The van der Waals surface area contributed by atoms with E-state index in [0.29, 0.717) is 43.0 Å². The highest BCUT2D eigenvalue weighted by atomic mass is 35.5. The van der Waals surface area contributed by atoms with Crippen LogP contribution >= 0.6 is 11.6 Å². The number of rotatable bonds is 7. The second kappa shape index (κ2) is 11.7. The summed E-state index contributed by atoms with van der Waals surface area (Å²) in [6, 6.07) is 7.82. The highest BCUT2D eigenvalue weighted by Gasteiger charge is 2.38. The first-order valence-corrected chi connectivity index (χ1v) is 16.4. The Kier molecular flexibility index (Phi) is 7.63. The summed E-state index contributed by atoms with van der Waals surface area (Å²) >= 11 is 6.76. The van der Waals surface area contributed by atoms with Crippen LogP contribution in [-0.4, -0.2) is 83.6 Å². The summed E-state index contributed by atoms with van der Waals surface area (Å²) in [6.07, 6.45) is 4.36. The Morgan fingerprint density at radius 2 is 1.76 bits per heavy atom. The minimum atomic E-state index is -1.16. The molecule has 4 unspecified atom stereocenters. The molecular formula is C34H35ClF3N5O3. The molecule has 0 amide bonds. The van der Waals surface area contributed by atoms with Crippen LogP contribution in [0, 0.1) is 23.4 Å². The van der Waals surface area contributed by atoms with Crippen LogP contribution in [0.1, 0.15) is 32.6 Å². The van der Waals surface area contributed by atoms with Crippen molar-refractivity contribution in [1.29, 1.82) is 0 Å². The molecule has 8 nitrogen and oxygen atoms in total. The van der Waals surface area contributed by atoms with E-state index in [0.717, 1.165) is 51.5 Å². The summed E-state index contributed by atoms with van der Waals surface area (Å²) in [5, 5.41) is 14.5. The Morgan fingerprint density at radius 1 is 1.02 bits per heavy atom. The van der Waals surface area contributed by atoms with E-state index in [1.165, 1.54) is 18.2 Å². The molecular weight excluding hydrogens is 619 g/mol. The van der Waals surface area contributed by atoms with Gasteiger partial charge in [0, 0.05) is 71.6 Å². The molecule has 0 aliphatic carbocycles. The molecule has 4 saturated heterocycles. The molecule has 4 fully saturated rings. The van der Waals surface area contributed by atoms with Crippen molar-refractivity contribution in [1.82, 2.24) is 20.2 Å². The second-order valence-corrected chi connectivity index (χ2v) is 13.7. The topological polar surface area (TPSA) is 83.0 Å². The lowest BCUT2D eigenvalue weighted by atomic mass is 9.95.